The van der Waals surface area contributed by atoms with Crippen molar-refractivity contribution in [1.29, 1.82) is 0 Å². The Kier molecular flexibility index (Phi) is 6.38. The van der Waals surface area contributed by atoms with E-state index in [0.29, 0.717) is 12.3 Å². The highest BCUT2D eigenvalue weighted by atomic mass is 32.2. The number of rotatable bonds is 7. The van der Waals surface area contributed by atoms with Crippen molar-refractivity contribution < 1.29 is 9.90 Å². The molecule has 0 heterocycles. The molecule has 1 rings (SSSR count). The molecule has 0 fully saturated rings. The fourth-order valence-electron chi connectivity index (χ4n) is 2.00. The van der Waals surface area contributed by atoms with Crippen LogP contribution in [0, 0.1) is 5.92 Å². The normalized spacial score (nSPS) is 14.4. The van der Waals surface area contributed by atoms with E-state index in [2.05, 4.69) is 29.6 Å². The van der Waals surface area contributed by atoms with Crippen LogP contribution in [0.15, 0.2) is 29.2 Å². The Morgan fingerprint density at radius 3 is 2.26 bits per heavy atom. The largest absolute Gasteiger partial charge is 0.480 e. The van der Waals surface area contributed by atoms with Crippen molar-refractivity contribution in [3.63, 3.8) is 0 Å². The first-order chi connectivity index (χ1) is 8.93. The van der Waals surface area contributed by atoms with Gasteiger partial charge in [0.15, 0.2) is 0 Å². The van der Waals surface area contributed by atoms with E-state index in [1.165, 1.54) is 4.90 Å². The number of nitrogens with one attached hydrogen (secondary N) is 1. The monoisotopic (exact) mass is 281 g/mol. The van der Waals surface area contributed by atoms with Gasteiger partial charge in [0.1, 0.15) is 6.04 Å². The lowest BCUT2D eigenvalue weighted by molar-refractivity contribution is -0.140. The summed E-state index contributed by atoms with van der Waals surface area (Å²) in [5.74, 6) is -0.416. The van der Waals surface area contributed by atoms with Gasteiger partial charge in [-0.3, -0.25) is 10.1 Å². The number of aliphatic carboxylic acids is 1. The maximum atomic E-state index is 11.2. The molecule has 0 aliphatic heterocycles. The van der Waals surface area contributed by atoms with Gasteiger partial charge in [0.25, 0.3) is 0 Å². The van der Waals surface area contributed by atoms with E-state index >= 15 is 0 Å². The molecule has 4 heteroatoms. The van der Waals surface area contributed by atoms with Crippen molar-refractivity contribution in [2.24, 2.45) is 5.92 Å². The number of hydrogen-bond acceptors (Lipinski definition) is 3. The van der Waals surface area contributed by atoms with E-state index < -0.39 is 12.0 Å². The van der Waals surface area contributed by atoms with E-state index in [1.54, 1.807) is 11.8 Å². The summed E-state index contributed by atoms with van der Waals surface area (Å²) in [7, 11) is 0. The van der Waals surface area contributed by atoms with Gasteiger partial charge >= 0.3 is 5.97 Å². The highest BCUT2D eigenvalue weighted by Gasteiger charge is 2.21. The van der Waals surface area contributed by atoms with Gasteiger partial charge in [-0.25, -0.2) is 0 Å². The molecule has 2 atom stereocenters. The predicted octanol–water partition coefficient (Wildman–Crippen LogP) is 3.56. The lowest BCUT2D eigenvalue weighted by Crippen LogP contribution is -2.39. The van der Waals surface area contributed by atoms with Crippen LogP contribution in [0.4, 0.5) is 0 Å². The van der Waals surface area contributed by atoms with E-state index in [9.17, 15) is 9.90 Å². The number of carboxylic acids is 1. The highest BCUT2D eigenvalue weighted by Crippen LogP contribution is 2.20. The van der Waals surface area contributed by atoms with Crippen LogP contribution in [0.3, 0.4) is 0 Å². The summed E-state index contributed by atoms with van der Waals surface area (Å²) in [5, 5.41) is 12.4. The van der Waals surface area contributed by atoms with Crippen molar-refractivity contribution in [3.8, 4) is 0 Å². The van der Waals surface area contributed by atoms with Crippen molar-refractivity contribution in [2.45, 2.75) is 44.2 Å². The zero-order valence-electron chi connectivity index (χ0n) is 12.0. The van der Waals surface area contributed by atoms with Crippen LogP contribution >= 0.6 is 11.8 Å². The minimum absolute atomic E-state index is 0.0377. The van der Waals surface area contributed by atoms with Crippen LogP contribution in [0.25, 0.3) is 0 Å². The average molecular weight is 281 g/mol. The molecule has 0 aliphatic rings. The minimum atomic E-state index is -0.777. The zero-order chi connectivity index (χ0) is 14.4. The molecule has 1 aromatic carbocycles. The fourth-order valence-corrected chi connectivity index (χ4v) is 2.41. The Balaban J connectivity index is 2.69. The van der Waals surface area contributed by atoms with Crippen molar-refractivity contribution in [2.75, 3.05) is 6.26 Å². The van der Waals surface area contributed by atoms with Gasteiger partial charge in [0.2, 0.25) is 0 Å². The Morgan fingerprint density at radius 1 is 1.26 bits per heavy atom. The second-order valence-electron chi connectivity index (χ2n) is 5.18. The molecule has 0 bridgehead atoms. The number of hydrogen-bond donors (Lipinski definition) is 2. The first-order valence-electron chi connectivity index (χ1n) is 6.56. The molecule has 0 saturated carbocycles. The van der Waals surface area contributed by atoms with E-state index in [0.717, 1.165) is 5.56 Å². The lowest BCUT2D eigenvalue weighted by atomic mass is 10.0. The summed E-state index contributed by atoms with van der Waals surface area (Å²) < 4.78 is 0. The van der Waals surface area contributed by atoms with Gasteiger partial charge in [-0.15, -0.1) is 11.8 Å². The molecule has 106 valence electrons. The third kappa shape index (κ3) is 5.25. The Hall–Kier alpha value is -1.00. The quantitative estimate of drug-likeness (QED) is 0.750. The van der Waals surface area contributed by atoms with Crippen LogP contribution in [0.2, 0.25) is 0 Å². The molecule has 0 spiro atoms. The first-order valence-corrected chi connectivity index (χ1v) is 7.79. The summed E-state index contributed by atoms with van der Waals surface area (Å²) in [5.41, 5.74) is 1.12. The number of carboxylic acid groups (broad SMARTS) is 1. The van der Waals surface area contributed by atoms with Gasteiger partial charge in [-0.2, -0.15) is 0 Å². The Labute approximate surface area is 119 Å². The molecule has 0 radical (unpaired) electrons. The van der Waals surface area contributed by atoms with E-state index in [-0.39, 0.29) is 6.04 Å². The summed E-state index contributed by atoms with van der Waals surface area (Å²) in [4.78, 5) is 12.5. The molecule has 2 unspecified atom stereocenters. The molecule has 3 nitrogen and oxygen atoms in total. The van der Waals surface area contributed by atoms with Gasteiger partial charge in [0.05, 0.1) is 0 Å². The molecular formula is C15H23NO2S. The molecule has 19 heavy (non-hydrogen) atoms. The second kappa shape index (κ2) is 7.56. The fraction of sp³-hybridized carbons (Fsp3) is 0.533. The van der Waals surface area contributed by atoms with Crippen LogP contribution in [0.1, 0.15) is 38.8 Å². The van der Waals surface area contributed by atoms with Crippen LogP contribution in [0.5, 0.6) is 0 Å². The van der Waals surface area contributed by atoms with Crippen LogP contribution in [-0.4, -0.2) is 23.4 Å². The van der Waals surface area contributed by atoms with Crippen LogP contribution < -0.4 is 5.32 Å². The van der Waals surface area contributed by atoms with Gasteiger partial charge in [-0.05, 0) is 43.2 Å². The molecule has 0 amide bonds. The molecule has 0 aromatic heterocycles. The maximum absolute atomic E-state index is 11.2. The summed E-state index contributed by atoms with van der Waals surface area (Å²) in [6.45, 7) is 6.08. The molecular weight excluding hydrogens is 258 g/mol. The zero-order valence-corrected chi connectivity index (χ0v) is 12.8. The summed E-state index contributed by atoms with van der Waals surface area (Å²) in [6.07, 6.45) is 2.68. The predicted molar refractivity (Wildman–Crippen MR) is 80.7 cm³/mol. The summed E-state index contributed by atoms with van der Waals surface area (Å²) in [6, 6.07) is 7.79. The topological polar surface area (TPSA) is 49.3 Å². The standard InChI is InChI=1S/C15H23NO2S/c1-10(2)9-14(15(17)18)16-11(3)12-5-7-13(19-4)8-6-12/h5-8,10-11,14,16H,9H2,1-4H3,(H,17,18). The molecule has 0 saturated heterocycles. The van der Waals surface area contributed by atoms with Crippen molar-refractivity contribution >= 4 is 17.7 Å². The Morgan fingerprint density at radius 2 is 1.84 bits per heavy atom. The summed E-state index contributed by atoms with van der Waals surface area (Å²) >= 11 is 1.70. The number of benzene rings is 1. The number of thioether (sulfide) groups is 1. The molecule has 2 N–H and O–H groups in total. The smallest absolute Gasteiger partial charge is 0.320 e. The average Bonchev–Trinajstić information content (AvgIpc) is 2.37. The van der Waals surface area contributed by atoms with Crippen LogP contribution in [-0.2, 0) is 4.79 Å². The highest BCUT2D eigenvalue weighted by molar-refractivity contribution is 7.98. The van der Waals surface area contributed by atoms with Gasteiger partial charge in [0, 0.05) is 10.9 Å². The molecule has 0 aliphatic carbocycles. The third-order valence-corrected chi connectivity index (χ3v) is 3.82. The Bertz CT molecular complexity index is 403. The lowest BCUT2D eigenvalue weighted by Gasteiger charge is -2.22. The third-order valence-electron chi connectivity index (χ3n) is 3.07. The van der Waals surface area contributed by atoms with Gasteiger partial charge < -0.3 is 5.11 Å². The van der Waals surface area contributed by atoms with E-state index in [1.807, 2.05) is 27.0 Å². The number of carbonyl (C=O) groups is 1. The SMILES string of the molecule is CSc1ccc(C(C)NC(CC(C)C)C(=O)O)cc1. The minimum Gasteiger partial charge on any atom is -0.480 e. The van der Waals surface area contributed by atoms with E-state index in [4.69, 9.17) is 0 Å². The van der Waals surface area contributed by atoms with Gasteiger partial charge in [-0.1, -0.05) is 26.0 Å². The first kappa shape index (κ1) is 16.1. The second-order valence-corrected chi connectivity index (χ2v) is 6.06. The molecule has 1 aromatic rings. The van der Waals surface area contributed by atoms with Crippen molar-refractivity contribution in [3.05, 3.63) is 29.8 Å². The van der Waals surface area contributed by atoms with Crippen molar-refractivity contribution in [1.82, 2.24) is 5.32 Å². The maximum Gasteiger partial charge on any atom is 0.320 e.